The van der Waals surface area contributed by atoms with Gasteiger partial charge in [-0.05, 0) is 37.8 Å². The van der Waals surface area contributed by atoms with Crippen molar-refractivity contribution in [3.8, 4) is 11.3 Å². The maximum absolute atomic E-state index is 12.7. The number of anilines is 1. The topological polar surface area (TPSA) is 63.0 Å². The Labute approximate surface area is 137 Å². The molecular formula is C15H17ClF2N4O. The molecule has 0 spiro atoms. The molecule has 2 heterocycles. The molecule has 1 fully saturated rings. The number of aliphatic hydroxyl groups is 1. The molecule has 1 saturated carbocycles. The van der Waals surface area contributed by atoms with Gasteiger partial charge in [-0.25, -0.2) is 9.67 Å². The highest BCUT2D eigenvalue weighted by molar-refractivity contribution is 6.29. The largest absolute Gasteiger partial charge is 0.393 e. The predicted octanol–water partition coefficient (Wildman–Crippen LogP) is 3.71. The van der Waals surface area contributed by atoms with Crippen molar-refractivity contribution in [1.29, 1.82) is 0 Å². The van der Waals surface area contributed by atoms with Gasteiger partial charge in [0.1, 0.15) is 5.15 Å². The van der Waals surface area contributed by atoms with E-state index in [1.807, 2.05) is 0 Å². The van der Waals surface area contributed by atoms with Crippen LogP contribution in [0.15, 0.2) is 24.5 Å². The molecule has 2 aromatic rings. The fraction of sp³-hybridized carbons (Fsp3) is 0.467. The Kier molecular flexibility index (Phi) is 4.77. The Morgan fingerprint density at radius 1 is 1.39 bits per heavy atom. The zero-order chi connectivity index (χ0) is 16.4. The molecule has 5 nitrogen and oxygen atoms in total. The van der Waals surface area contributed by atoms with Gasteiger partial charge in [0.2, 0.25) is 0 Å². The Bertz CT molecular complexity index is 679. The van der Waals surface area contributed by atoms with Crippen LogP contribution in [0.25, 0.3) is 11.3 Å². The second-order valence-electron chi connectivity index (χ2n) is 5.67. The molecule has 0 radical (unpaired) electrons. The predicted molar refractivity (Wildman–Crippen MR) is 83.6 cm³/mol. The maximum Gasteiger partial charge on any atom is 0.333 e. The molecular weight excluding hydrogens is 326 g/mol. The van der Waals surface area contributed by atoms with Crippen LogP contribution in [0.2, 0.25) is 5.15 Å². The lowest BCUT2D eigenvalue weighted by Crippen LogP contribution is -2.30. The van der Waals surface area contributed by atoms with Crippen LogP contribution in [0.1, 0.15) is 32.2 Å². The molecule has 124 valence electrons. The zero-order valence-electron chi connectivity index (χ0n) is 12.3. The number of nitrogens with zero attached hydrogens (tertiary/aromatic N) is 3. The van der Waals surface area contributed by atoms with Crippen molar-refractivity contribution in [3.05, 3.63) is 29.7 Å². The van der Waals surface area contributed by atoms with Gasteiger partial charge < -0.3 is 10.4 Å². The van der Waals surface area contributed by atoms with E-state index < -0.39 is 6.55 Å². The van der Waals surface area contributed by atoms with E-state index in [0.29, 0.717) is 33.2 Å². The summed E-state index contributed by atoms with van der Waals surface area (Å²) < 4.78 is 26.0. The second kappa shape index (κ2) is 6.80. The van der Waals surface area contributed by atoms with Gasteiger partial charge in [0.05, 0.1) is 11.8 Å². The monoisotopic (exact) mass is 342 g/mol. The first-order chi connectivity index (χ1) is 11.0. The Hall–Kier alpha value is -1.73. The number of rotatable bonds is 4. The van der Waals surface area contributed by atoms with Gasteiger partial charge in [-0.2, -0.15) is 13.9 Å². The number of aliphatic hydroxyl groups excluding tert-OH is 1. The number of halogens is 3. The highest BCUT2D eigenvalue weighted by atomic mass is 35.5. The number of nitrogens with one attached hydrogen (secondary N) is 1. The van der Waals surface area contributed by atoms with Crippen molar-refractivity contribution in [3.63, 3.8) is 0 Å². The minimum absolute atomic E-state index is 0.105. The van der Waals surface area contributed by atoms with Crippen molar-refractivity contribution in [2.45, 2.75) is 44.4 Å². The van der Waals surface area contributed by atoms with Crippen molar-refractivity contribution in [2.75, 3.05) is 5.32 Å². The smallest absolute Gasteiger partial charge is 0.333 e. The van der Waals surface area contributed by atoms with E-state index in [2.05, 4.69) is 15.4 Å². The van der Waals surface area contributed by atoms with Crippen LogP contribution in [0, 0.1) is 0 Å². The maximum atomic E-state index is 12.7. The van der Waals surface area contributed by atoms with Gasteiger partial charge in [-0.3, -0.25) is 0 Å². The standard InChI is InChI=1S/C15H17ClF2N4O/c16-14-7-13(20-9-2-1-3-10(23)6-9)11(8-19-14)12-4-5-22(21-12)15(17)18/h4-5,7-10,15,23H,1-3,6H2,(H,19,20)/t9-,10-/m0/s1. The van der Waals surface area contributed by atoms with Gasteiger partial charge in [0, 0.05) is 29.7 Å². The molecule has 3 rings (SSSR count). The number of hydrogen-bond acceptors (Lipinski definition) is 4. The third-order valence-corrected chi connectivity index (χ3v) is 4.17. The number of aromatic nitrogens is 3. The quantitative estimate of drug-likeness (QED) is 0.831. The molecule has 8 heteroatoms. The third-order valence-electron chi connectivity index (χ3n) is 3.96. The summed E-state index contributed by atoms with van der Waals surface area (Å²) >= 11 is 5.96. The highest BCUT2D eigenvalue weighted by Crippen LogP contribution is 2.31. The van der Waals surface area contributed by atoms with E-state index in [0.717, 1.165) is 19.3 Å². The van der Waals surface area contributed by atoms with E-state index in [1.54, 1.807) is 6.07 Å². The van der Waals surface area contributed by atoms with Crippen LogP contribution >= 0.6 is 11.6 Å². The lowest BCUT2D eigenvalue weighted by molar-refractivity contribution is 0.0568. The normalized spacial score (nSPS) is 21.6. The summed E-state index contributed by atoms with van der Waals surface area (Å²) in [6.07, 6.45) is 5.74. The van der Waals surface area contributed by atoms with Gasteiger partial charge >= 0.3 is 6.55 Å². The first-order valence-corrected chi connectivity index (χ1v) is 7.84. The van der Waals surface area contributed by atoms with Crippen molar-refractivity contribution in [1.82, 2.24) is 14.8 Å². The molecule has 0 unspecified atom stereocenters. The Balaban J connectivity index is 1.87. The van der Waals surface area contributed by atoms with Gasteiger partial charge in [0.15, 0.2) is 0 Å². The summed E-state index contributed by atoms with van der Waals surface area (Å²) in [5.41, 5.74) is 1.69. The summed E-state index contributed by atoms with van der Waals surface area (Å²) in [6, 6.07) is 3.27. The summed E-state index contributed by atoms with van der Waals surface area (Å²) in [4.78, 5) is 4.02. The van der Waals surface area contributed by atoms with Crippen LogP contribution in [0.4, 0.5) is 14.5 Å². The number of pyridine rings is 1. The number of alkyl halides is 2. The summed E-state index contributed by atoms with van der Waals surface area (Å²) in [5, 5.41) is 17.3. The van der Waals surface area contributed by atoms with Crippen LogP contribution in [0.5, 0.6) is 0 Å². The lowest BCUT2D eigenvalue weighted by atomic mass is 9.92. The first kappa shape index (κ1) is 16.1. The fourth-order valence-corrected chi connectivity index (χ4v) is 3.02. The lowest BCUT2D eigenvalue weighted by Gasteiger charge is -2.28. The molecule has 2 N–H and O–H groups in total. The first-order valence-electron chi connectivity index (χ1n) is 7.47. The summed E-state index contributed by atoms with van der Waals surface area (Å²) in [5.74, 6) is 0. The van der Waals surface area contributed by atoms with Crippen molar-refractivity contribution >= 4 is 17.3 Å². The molecule has 0 bridgehead atoms. The molecule has 0 aliphatic heterocycles. The second-order valence-corrected chi connectivity index (χ2v) is 6.06. The number of hydrogen-bond donors (Lipinski definition) is 2. The molecule has 0 amide bonds. The zero-order valence-corrected chi connectivity index (χ0v) is 13.0. The van der Waals surface area contributed by atoms with Crippen LogP contribution in [-0.2, 0) is 0 Å². The average Bonchev–Trinajstić information content (AvgIpc) is 2.97. The van der Waals surface area contributed by atoms with E-state index in [9.17, 15) is 13.9 Å². The molecule has 1 aliphatic carbocycles. The Morgan fingerprint density at radius 2 is 2.22 bits per heavy atom. The van der Waals surface area contributed by atoms with Crippen LogP contribution < -0.4 is 5.32 Å². The van der Waals surface area contributed by atoms with Crippen molar-refractivity contribution in [2.24, 2.45) is 0 Å². The highest BCUT2D eigenvalue weighted by Gasteiger charge is 2.22. The molecule has 2 aromatic heterocycles. The third kappa shape index (κ3) is 3.79. The van der Waals surface area contributed by atoms with E-state index in [-0.39, 0.29) is 12.1 Å². The minimum Gasteiger partial charge on any atom is -0.393 e. The van der Waals surface area contributed by atoms with Gasteiger partial charge in [0.25, 0.3) is 0 Å². The Morgan fingerprint density at radius 3 is 2.91 bits per heavy atom. The molecule has 23 heavy (non-hydrogen) atoms. The van der Waals surface area contributed by atoms with Gasteiger partial charge in [-0.1, -0.05) is 11.6 Å². The SMILES string of the molecule is O[C@H]1CCC[C@H](Nc2cc(Cl)ncc2-c2ccn(C(F)F)n2)C1. The van der Waals surface area contributed by atoms with Crippen LogP contribution in [0.3, 0.4) is 0 Å². The molecule has 0 saturated heterocycles. The summed E-state index contributed by atoms with van der Waals surface area (Å²) in [7, 11) is 0. The molecule has 2 atom stereocenters. The minimum atomic E-state index is -2.69. The average molecular weight is 343 g/mol. The van der Waals surface area contributed by atoms with Gasteiger partial charge in [-0.15, -0.1) is 0 Å². The van der Waals surface area contributed by atoms with E-state index >= 15 is 0 Å². The van der Waals surface area contributed by atoms with Crippen molar-refractivity contribution < 1.29 is 13.9 Å². The van der Waals surface area contributed by atoms with E-state index in [1.165, 1.54) is 18.5 Å². The molecule has 1 aliphatic rings. The summed E-state index contributed by atoms with van der Waals surface area (Å²) in [6.45, 7) is -2.69. The fourth-order valence-electron chi connectivity index (χ4n) is 2.86. The van der Waals surface area contributed by atoms with Crippen LogP contribution in [-0.4, -0.2) is 32.0 Å². The molecule has 0 aromatic carbocycles. The van der Waals surface area contributed by atoms with E-state index in [4.69, 9.17) is 11.6 Å².